The number of carbonyl (C=O) groups is 1. The van der Waals surface area contributed by atoms with Crippen LogP contribution in [0.4, 0.5) is 0 Å². The topological polar surface area (TPSA) is 59.0 Å². The molecule has 3 rings (SSSR count). The first kappa shape index (κ1) is 18.3. The van der Waals surface area contributed by atoms with E-state index in [2.05, 4.69) is 0 Å². The minimum atomic E-state index is -1.10. The quantitative estimate of drug-likeness (QED) is 0.896. The summed E-state index contributed by atoms with van der Waals surface area (Å²) in [6.07, 6.45) is 0.536. The Labute approximate surface area is 154 Å². The lowest BCUT2D eigenvalue weighted by atomic mass is 9.91. The Balaban J connectivity index is 1.62. The number of hydrogen-bond donors (Lipinski definition) is 1. The first-order valence-electron chi connectivity index (χ1n) is 8.83. The Hall–Kier alpha value is -2.53. The summed E-state index contributed by atoms with van der Waals surface area (Å²) in [5, 5.41) is 10.8. The molecule has 1 aliphatic rings. The summed E-state index contributed by atoms with van der Waals surface area (Å²) in [5.41, 5.74) is -0.199. The van der Waals surface area contributed by atoms with Gasteiger partial charge in [0.1, 0.15) is 23.2 Å². The van der Waals surface area contributed by atoms with Crippen molar-refractivity contribution in [2.24, 2.45) is 0 Å². The van der Waals surface area contributed by atoms with Gasteiger partial charge < -0.3 is 19.5 Å². The second-order valence-electron chi connectivity index (χ2n) is 6.91. The van der Waals surface area contributed by atoms with E-state index in [-0.39, 0.29) is 25.0 Å². The van der Waals surface area contributed by atoms with Crippen molar-refractivity contribution >= 4 is 5.91 Å². The Morgan fingerprint density at radius 1 is 1.19 bits per heavy atom. The third-order valence-electron chi connectivity index (χ3n) is 4.73. The molecule has 0 unspecified atom stereocenters. The SMILES string of the molecule is COc1cccc(CC(=O)N2CC[C@H](Oc3ccccc3)[C@@](C)(O)C2)c1. The molecule has 0 spiro atoms. The van der Waals surface area contributed by atoms with Gasteiger partial charge >= 0.3 is 0 Å². The molecule has 0 saturated carbocycles. The van der Waals surface area contributed by atoms with Gasteiger partial charge in [0.2, 0.25) is 5.91 Å². The molecule has 1 amide bonds. The van der Waals surface area contributed by atoms with Crippen LogP contribution in [0.2, 0.25) is 0 Å². The zero-order valence-corrected chi connectivity index (χ0v) is 15.2. The lowest BCUT2D eigenvalue weighted by Crippen LogP contribution is -2.58. The van der Waals surface area contributed by atoms with Gasteiger partial charge in [-0.05, 0) is 36.8 Å². The number of amides is 1. The van der Waals surface area contributed by atoms with Crippen LogP contribution < -0.4 is 9.47 Å². The molecule has 0 aromatic heterocycles. The number of hydrogen-bond acceptors (Lipinski definition) is 4. The highest BCUT2D eigenvalue weighted by atomic mass is 16.5. The second kappa shape index (κ2) is 7.79. The zero-order valence-electron chi connectivity index (χ0n) is 15.2. The molecule has 26 heavy (non-hydrogen) atoms. The van der Waals surface area contributed by atoms with E-state index >= 15 is 0 Å². The molecule has 0 bridgehead atoms. The molecule has 1 saturated heterocycles. The fraction of sp³-hybridized carbons (Fsp3) is 0.381. The Bertz CT molecular complexity index is 745. The van der Waals surface area contributed by atoms with Crippen molar-refractivity contribution in [3.05, 3.63) is 60.2 Å². The van der Waals surface area contributed by atoms with Crippen molar-refractivity contribution in [2.45, 2.75) is 31.5 Å². The number of piperidine rings is 1. The highest BCUT2D eigenvalue weighted by Gasteiger charge is 2.41. The third kappa shape index (κ3) is 4.35. The molecule has 2 aromatic carbocycles. The van der Waals surface area contributed by atoms with E-state index in [1.807, 2.05) is 54.6 Å². The van der Waals surface area contributed by atoms with E-state index in [9.17, 15) is 9.90 Å². The van der Waals surface area contributed by atoms with Crippen LogP contribution in [0.5, 0.6) is 11.5 Å². The van der Waals surface area contributed by atoms with Crippen molar-refractivity contribution in [1.29, 1.82) is 0 Å². The molecule has 5 heteroatoms. The van der Waals surface area contributed by atoms with Gasteiger partial charge in [0.05, 0.1) is 20.1 Å². The van der Waals surface area contributed by atoms with Crippen molar-refractivity contribution in [3.63, 3.8) is 0 Å². The van der Waals surface area contributed by atoms with Gasteiger partial charge in [-0.15, -0.1) is 0 Å². The maximum absolute atomic E-state index is 12.7. The number of carbonyl (C=O) groups excluding carboxylic acids is 1. The van der Waals surface area contributed by atoms with Crippen LogP contribution in [0.25, 0.3) is 0 Å². The summed E-state index contributed by atoms with van der Waals surface area (Å²) in [5.74, 6) is 1.46. The van der Waals surface area contributed by atoms with E-state index < -0.39 is 5.60 Å². The van der Waals surface area contributed by atoms with Gasteiger partial charge in [-0.25, -0.2) is 0 Å². The first-order valence-corrected chi connectivity index (χ1v) is 8.83. The molecule has 1 aliphatic heterocycles. The number of ether oxygens (including phenoxy) is 2. The van der Waals surface area contributed by atoms with Crippen molar-refractivity contribution in [1.82, 2.24) is 4.90 Å². The summed E-state index contributed by atoms with van der Waals surface area (Å²) in [7, 11) is 1.61. The maximum atomic E-state index is 12.7. The lowest BCUT2D eigenvalue weighted by Gasteiger charge is -2.42. The fourth-order valence-electron chi connectivity index (χ4n) is 3.28. The van der Waals surface area contributed by atoms with Gasteiger partial charge in [0.25, 0.3) is 0 Å². The molecule has 1 fully saturated rings. The number of benzene rings is 2. The average molecular weight is 355 g/mol. The van der Waals surface area contributed by atoms with Crippen molar-refractivity contribution in [3.8, 4) is 11.5 Å². The van der Waals surface area contributed by atoms with E-state index in [0.717, 1.165) is 17.1 Å². The predicted octanol–water partition coefficient (Wildman–Crippen LogP) is 2.67. The minimum Gasteiger partial charge on any atom is -0.497 e. The highest BCUT2D eigenvalue weighted by molar-refractivity contribution is 5.79. The largest absolute Gasteiger partial charge is 0.497 e. The van der Waals surface area contributed by atoms with E-state index in [1.54, 1.807) is 18.9 Å². The molecule has 1 N–H and O–H groups in total. The summed E-state index contributed by atoms with van der Waals surface area (Å²) < 4.78 is 11.1. The summed E-state index contributed by atoms with van der Waals surface area (Å²) in [6, 6.07) is 17.0. The summed E-state index contributed by atoms with van der Waals surface area (Å²) in [6.45, 7) is 2.55. The summed E-state index contributed by atoms with van der Waals surface area (Å²) >= 11 is 0. The number of nitrogens with zero attached hydrogens (tertiary/aromatic N) is 1. The maximum Gasteiger partial charge on any atom is 0.227 e. The lowest BCUT2D eigenvalue weighted by molar-refractivity contribution is -0.145. The van der Waals surface area contributed by atoms with Gasteiger partial charge in [0.15, 0.2) is 0 Å². The Morgan fingerprint density at radius 2 is 1.92 bits per heavy atom. The van der Waals surface area contributed by atoms with Crippen molar-refractivity contribution < 1.29 is 19.4 Å². The fourth-order valence-corrected chi connectivity index (χ4v) is 3.28. The number of aliphatic hydroxyl groups is 1. The summed E-state index contributed by atoms with van der Waals surface area (Å²) in [4.78, 5) is 14.4. The molecule has 138 valence electrons. The van der Waals surface area contributed by atoms with Gasteiger partial charge in [0, 0.05) is 13.0 Å². The average Bonchev–Trinajstić information content (AvgIpc) is 2.64. The van der Waals surface area contributed by atoms with E-state index in [0.29, 0.717) is 13.0 Å². The van der Waals surface area contributed by atoms with Crippen LogP contribution in [0.3, 0.4) is 0 Å². The Kier molecular flexibility index (Phi) is 5.47. The van der Waals surface area contributed by atoms with Crippen LogP contribution in [0.1, 0.15) is 18.9 Å². The molecule has 2 aromatic rings. The van der Waals surface area contributed by atoms with Crippen LogP contribution in [0, 0.1) is 0 Å². The molecule has 0 aliphatic carbocycles. The van der Waals surface area contributed by atoms with E-state index in [4.69, 9.17) is 9.47 Å². The minimum absolute atomic E-state index is 0.00307. The van der Waals surface area contributed by atoms with Crippen molar-refractivity contribution in [2.75, 3.05) is 20.2 Å². The van der Waals surface area contributed by atoms with Gasteiger partial charge in [-0.3, -0.25) is 4.79 Å². The number of para-hydroxylation sites is 1. The molecular weight excluding hydrogens is 330 g/mol. The molecule has 0 radical (unpaired) electrons. The zero-order chi connectivity index (χ0) is 18.6. The van der Waals surface area contributed by atoms with Crippen LogP contribution in [0.15, 0.2) is 54.6 Å². The molecular formula is C21H25NO4. The van der Waals surface area contributed by atoms with Gasteiger partial charge in [-0.1, -0.05) is 30.3 Å². The van der Waals surface area contributed by atoms with Crippen LogP contribution in [-0.2, 0) is 11.2 Å². The highest BCUT2D eigenvalue weighted by Crippen LogP contribution is 2.27. The first-order chi connectivity index (χ1) is 12.5. The molecule has 5 nitrogen and oxygen atoms in total. The number of β-amino-alcohol motifs (C(OH)–C–C–N with tert-alkyl or cyclic N) is 1. The molecule has 2 atom stereocenters. The van der Waals surface area contributed by atoms with Crippen LogP contribution in [-0.4, -0.2) is 47.8 Å². The monoisotopic (exact) mass is 355 g/mol. The number of likely N-dealkylation sites (tertiary alicyclic amines) is 1. The normalized spacial score (nSPS) is 22.7. The Morgan fingerprint density at radius 3 is 2.62 bits per heavy atom. The molecule has 1 heterocycles. The van der Waals surface area contributed by atoms with Gasteiger partial charge in [-0.2, -0.15) is 0 Å². The second-order valence-corrected chi connectivity index (χ2v) is 6.91. The van der Waals surface area contributed by atoms with Crippen LogP contribution >= 0.6 is 0 Å². The number of rotatable bonds is 5. The standard InChI is InChI=1S/C21H25NO4/c1-21(24)15-22(12-11-19(21)26-17-8-4-3-5-9-17)20(23)14-16-7-6-10-18(13-16)25-2/h3-10,13,19,24H,11-12,14-15H2,1-2H3/t19-,21-/m0/s1. The smallest absolute Gasteiger partial charge is 0.227 e. The number of methoxy groups -OCH3 is 1. The third-order valence-corrected chi connectivity index (χ3v) is 4.73. The van der Waals surface area contributed by atoms with E-state index in [1.165, 1.54) is 0 Å². The predicted molar refractivity (Wildman–Crippen MR) is 99.4 cm³/mol.